The van der Waals surface area contributed by atoms with Gasteiger partial charge < -0.3 is 15.4 Å². The van der Waals surface area contributed by atoms with Gasteiger partial charge in [0.15, 0.2) is 11.6 Å². The summed E-state index contributed by atoms with van der Waals surface area (Å²) in [6, 6.07) is 9.82. The second kappa shape index (κ2) is 8.85. The molecule has 122 valence electrons. The smallest absolute Gasteiger partial charge is 0.224 e. The second-order valence-electron chi connectivity index (χ2n) is 5.01. The average molecular weight is 317 g/mol. The lowest BCUT2D eigenvalue weighted by Gasteiger charge is -2.09. The second-order valence-corrected chi connectivity index (χ2v) is 5.01. The van der Waals surface area contributed by atoms with Crippen molar-refractivity contribution in [3.05, 3.63) is 54.1 Å². The number of halogens is 1. The predicted molar refractivity (Wildman–Crippen MR) is 86.8 cm³/mol. The van der Waals surface area contributed by atoms with Crippen molar-refractivity contribution in [2.75, 3.05) is 18.9 Å². The van der Waals surface area contributed by atoms with Gasteiger partial charge in [0.2, 0.25) is 5.91 Å². The molecular formula is C17H20FN3O2. The molecular weight excluding hydrogens is 297 g/mol. The molecule has 1 aromatic heterocycles. The Hall–Kier alpha value is -2.47. The van der Waals surface area contributed by atoms with E-state index in [0.29, 0.717) is 17.8 Å². The fourth-order valence-corrected chi connectivity index (χ4v) is 1.98. The maximum atomic E-state index is 14.0. The molecule has 0 atom stereocenters. The van der Waals surface area contributed by atoms with Crippen LogP contribution in [-0.4, -0.2) is 24.5 Å². The number of hydrogen-bond acceptors (Lipinski definition) is 4. The fraction of sp³-hybridized carbons (Fsp3) is 0.294. The highest BCUT2D eigenvalue weighted by atomic mass is 19.1. The molecule has 0 bridgehead atoms. The Morgan fingerprint density at radius 1 is 1.30 bits per heavy atom. The number of hydrogen-bond donors (Lipinski definition) is 2. The van der Waals surface area contributed by atoms with Gasteiger partial charge in [-0.3, -0.25) is 9.78 Å². The topological polar surface area (TPSA) is 63.2 Å². The van der Waals surface area contributed by atoms with Crippen molar-refractivity contribution in [1.29, 1.82) is 0 Å². The number of amides is 1. The molecule has 5 nitrogen and oxygen atoms in total. The molecule has 6 heteroatoms. The Morgan fingerprint density at radius 2 is 2.17 bits per heavy atom. The number of pyridine rings is 1. The summed E-state index contributed by atoms with van der Waals surface area (Å²) in [5, 5.41) is 5.64. The zero-order valence-corrected chi connectivity index (χ0v) is 13.0. The van der Waals surface area contributed by atoms with Gasteiger partial charge in [0, 0.05) is 24.4 Å². The number of ether oxygens (including phenoxy) is 1. The van der Waals surface area contributed by atoms with Crippen LogP contribution in [0.2, 0.25) is 0 Å². The molecule has 2 rings (SSSR count). The zero-order valence-electron chi connectivity index (χ0n) is 13.0. The zero-order chi connectivity index (χ0) is 16.5. The lowest BCUT2D eigenvalue weighted by atomic mass is 10.2. The molecule has 0 spiro atoms. The molecule has 0 saturated heterocycles. The maximum Gasteiger partial charge on any atom is 0.224 e. The molecule has 0 fully saturated rings. The third-order valence-electron chi connectivity index (χ3n) is 3.15. The summed E-state index contributed by atoms with van der Waals surface area (Å²) in [6.07, 6.45) is 2.78. The molecule has 1 aromatic carbocycles. The number of carbonyl (C=O) groups excluding carboxylic acids is 1. The summed E-state index contributed by atoms with van der Waals surface area (Å²) < 4.78 is 19.4. The van der Waals surface area contributed by atoms with Crippen LogP contribution in [-0.2, 0) is 11.4 Å². The van der Waals surface area contributed by atoms with Crippen LogP contribution in [0, 0.1) is 5.82 Å². The van der Waals surface area contributed by atoms with Crippen LogP contribution in [0.1, 0.15) is 18.5 Å². The van der Waals surface area contributed by atoms with Crippen molar-refractivity contribution in [2.45, 2.75) is 19.4 Å². The average Bonchev–Trinajstić information content (AvgIpc) is 2.55. The molecule has 23 heavy (non-hydrogen) atoms. The van der Waals surface area contributed by atoms with Crippen LogP contribution in [0.25, 0.3) is 0 Å². The fourth-order valence-electron chi connectivity index (χ4n) is 1.98. The van der Waals surface area contributed by atoms with Gasteiger partial charge in [0.1, 0.15) is 6.61 Å². The van der Waals surface area contributed by atoms with Crippen LogP contribution < -0.4 is 15.4 Å². The van der Waals surface area contributed by atoms with Crippen LogP contribution in [0.15, 0.2) is 42.6 Å². The van der Waals surface area contributed by atoms with E-state index < -0.39 is 5.82 Å². The third kappa shape index (κ3) is 5.67. The summed E-state index contributed by atoms with van der Waals surface area (Å²) in [6.45, 7) is 0.954. The first-order valence-corrected chi connectivity index (χ1v) is 7.46. The number of nitrogens with one attached hydrogen (secondary N) is 2. The SMILES string of the molecule is CNCCCC(=O)Nc1ccc(OCc2ccccn2)c(F)c1. The molecule has 1 amide bonds. The Morgan fingerprint density at radius 3 is 2.87 bits per heavy atom. The van der Waals surface area contributed by atoms with E-state index in [9.17, 15) is 9.18 Å². The largest absolute Gasteiger partial charge is 0.484 e. The minimum Gasteiger partial charge on any atom is -0.484 e. The summed E-state index contributed by atoms with van der Waals surface area (Å²) in [5.41, 5.74) is 1.14. The summed E-state index contributed by atoms with van der Waals surface area (Å²) in [4.78, 5) is 15.8. The highest BCUT2D eigenvalue weighted by Gasteiger charge is 2.08. The van der Waals surface area contributed by atoms with Gasteiger partial charge in [-0.25, -0.2) is 4.39 Å². The van der Waals surface area contributed by atoms with Gasteiger partial charge in [-0.15, -0.1) is 0 Å². The lowest BCUT2D eigenvalue weighted by molar-refractivity contribution is -0.116. The van der Waals surface area contributed by atoms with Gasteiger partial charge in [-0.05, 0) is 44.3 Å². The van der Waals surface area contributed by atoms with E-state index in [-0.39, 0.29) is 18.3 Å². The van der Waals surface area contributed by atoms with Crippen molar-refractivity contribution in [3.8, 4) is 5.75 Å². The Labute approximate surface area is 134 Å². The van der Waals surface area contributed by atoms with Gasteiger partial charge in [0.25, 0.3) is 0 Å². The van der Waals surface area contributed by atoms with Crippen molar-refractivity contribution in [1.82, 2.24) is 10.3 Å². The Kier molecular flexibility index (Phi) is 6.50. The normalized spacial score (nSPS) is 10.3. The Bertz CT molecular complexity index is 635. The van der Waals surface area contributed by atoms with Crippen LogP contribution in [0.3, 0.4) is 0 Å². The predicted octanol–water partition coefficient (Wildman–Crippen LogP) is 2.74. The van der Waals surface area contributed by atoms with E-state index in [2.05, 4.69) is 15.6 Å². The van der Waals surface area contributed by atoms with E-state index in [1.165, 1.54) is 12.1 Å². The minimum absolute atomic E-state index is 0.129. The highest BCUT2D eigenvalue weighted by molar-refractivity contribution is 5.90. The molecule has 2 aromatic rings. The van der Waals surface area contributed by atoms with Crippen LogP contribution in [0.5, 0.6) is 5.75 Å². The van der Waals surface area contributed by atoms with E-state index in [4.69, 9.17) is 4.74 Å². The summed E-state index contributed by atoms with van der Waals surface area (Å²) in [7, 11) is 1.83. The quantitative estimate of drug-likeness (QED) is 0.735. The molecule has 0 aliphatic carbocycles. The van der Waals surface area contributed by atoms with Crippen LogP contribution >= 0.6 is 0 Å². The van der Waals surface area contributed by atoms with E-state index in [1.807, 2.05) is 13.1 Å². The number of carbonyl (C=O) groups is 1. The van der Waals surface area contributed by atoms with Gasteiger partial charge in [0.05, 0.1) is 5.69 Å². The first-order valence-electron chi connectivity index (χ1n) is 7.46. The van der Waals surface area contributed by atoms with Crippen molar-refractivity contribution < 1.29 is 13.9 Å². The van der Waals surface area contributed by atoms with E-state index in [1.54, 1.807) is 24.4 Å². The maximum absolute atomic E-state index is 14.0. The number of nitrogens with zero attached hydrogens (tertiary/aromatic N) is 1. The standard InChI is InChI=1S/C17H20FN3O2/c1-19-9-4-6-17(22)21-13-7-8-16(15(18)11-13)23-12-14-5-2-3-10-20-14/h2-3,5,7-8,10-11,19H,4,6,9,12H2,1H3,(H,21,22). The van der Waals surface area contributed by atoms with E-state index in [0.717, 1.165) is 13.0 Å². The molecule has 0 aliphatic heterocycles. The van der Waals surface area contributed by atoms with E-state index >= 15 is 0 Å². The molecule has 1 heterocycles. The van der Waals surface area contributed by atoms with Gasteiger partial charge >= 0.3 is 0 Å². The van der Waals surface area contributed by atoms with Crippen molar-refractivity contribution in [2.24, 2.45) is 0 Å². The summed E-state index contributed by atoms with van der Waals surface area (Å²) >= 11 is 0. The summed E-state index contributed by atoms with van der Waals surface area (Å²) in [5.74, 6) is -0.528. The molecule has 0 aliphatic rings. The monoisotopic (exact) mass is 317 g/mol. The number of rotatable bonds is 8. The van der Waals surface area contributed by atoms with Gasteiger partial charge in [-0.1, -0.05) is 6.07 Å². The molecule has 0 unspecified atom stereocenters. The molecule has 2 N–H and O–H groups in total. The van der Waals surface area contributed by atoms with Gasteiger partial charge in [-0.2, -0.15) is 0 Å². The number of benzene rings is 1. The van der Waals surface area contributed by atoms with Crippen LogP contribution in [0.4, 0.5) is 10.1 Å². The molecule has 0 saturated carbocycles. The lowest BCUT2D eigenvalue weighted by Crippen LogP contribution is -2.15. The van der Waals surface area contributed by atoms with Crippen molar-refractivity contribution in [3.63, 3.8) is 0 Å². The highest BCUT2D eigenvalue weighted by Crippen LogP contribution is 2.22. The molecule has 0 radical (unpaired) electrons. The first-order chi connectivity index (χ1) is 11.2. The third-order valence-corrected chi connectivity index (χ3v) is 3.15. The van der Waals surface area contributed by atoms with Crippen molar-refractivity contribution >= 4 is 11.6 Å². The first kappa shape index (κ1) is 16.9. The number of anilines is 1. The Balaban J connectivity index is 1.88. The number of aromatic nitrogens is 1. The minimum atomic E-state index is -0.519.